The molecule has 0 radical (unpaired) electrons. The lowest BCUT2D eigenvalue weighted by Crippen LogP contribution is -2.46. The minimum atomic E-state index is -0.662. The Bertz CT molecular complexity index is 461. The molecule has 1 fully saturated rings. The van der Waals surface area contributed by atoms with Crippen LogP contribution in [0, 0.1) is 11.7 Å². The third-order valence-electron chi connectivity index (χ3n) is 3.82. The van der Waals surface area contributed by atoms with E-state index >= 15 is 0 Å². The van der Waals surface area contributed by atoms with E-state index in [1.807, 2.05) is 6.92 Å². The van der Waals surface area contributed by atoms with E-state index in [2.05, 4.69) is 6.92 Å². The molecule has 1 aromatic rings. The van der Waals surface area contributed by atoms with Gasteiger partial charge >= 0.3 is 0 Å². The third kappa shape index (κ3) is 2.33. The molecule has 1 saturated heterocycles. The van der Waals surface area contributed by atoms with Crippen LogP contribution in [0.4, 0.5) is 4.39 Å². The van der Waals surface area contributed by atoms with E-state index < -0.39 is 5.82 Å². The van der Waals surface area contributed by atoms with Crippen molar-refractivity contribution in [1.82, 2.24) is 4.90 Å². The van der Waals surface area contributed by atoms with Crippen LogP contribution in [0.25, 0.3) is 0 Å². The second-order valence-corrected chi connectivity index (χ2v) is 5.02. The molecule has 18 heavy (non-hydrogen) atoms. The Balaban J connectivity index is 2.25. The molecule has 1 aliphatic heterocycles. The lowest BCUT2D eigenvalue weighted by Gasteiger charge is -2.38. The van der Waals surface area contributed by atoms with E-state index in [1.165, 1.54) is 12.1 Å². The average Bonchev–Trinajstić information content (AvgIpc) is 2.32. The van der Waals surface area contributed by atoms with Crippen LogP contribution in [0.3, 0.4) is 0 Å². The molecule has 4 heteroatoms. The standard InChI is InChI=1S/C14H18FNO2/c1-9-4-3-7-16(10(9)2)14(18)12-6-5-11(17)8-13(12)15/h5-6,8-10,17H,3-4,7H2,1-2H3. The molecule has 1 amide bonds. The average molecular weight is 251 g/mol. The maximum atomic E-state index is 13.7. The van der Waals surface area contributed by atoms with E-state index in [9.17, 15) is 9.18 Å². The van der Waals surface area contributed by atoms with Crippen LogP contribution < -0.4 is 0 Å². The van der Waals surface area contributed by atoms with Gasteiger partial charge < -0.3 is 10.0 Å². The summed E-state index contributed by atoms with van der Waals surface area (Å²) in [5.41, 5.74) is 0.0359. The number of rotatable bonds is 1. The molecule has 1 aliphatic rings. The topological polar surface area (TPSA) is 40.5 Å². The van der Waals surface area contributed by atoms with E-state index in [1.54, 1.807) is 4.90 Å². The van der Waals surface area contributed by atoms with Gasteiger partial charge in [-0.2, -0.15) is 0 Å². The number of likely N-dealkylation sites (tertiary alicyclic amines) is 1. The molecule has 98 valence electrons. The molecular formula is C14H18FNO2. The molecule has 2 atom stereocenters. The zero-order chi connectivity index (χ0) is 13.3. The SMILES string of the molecule is CC1CCCN(C(=O)c2ccc(O)cc2F)C1C. The Kier molecular flexibility index (Phi) is 3.55. The number of hydrogen-bond acceptors (Lipinski definition) is 2. The molecule has 0 aliphatic carbocycles. The van der Waals surface area contributed by atoms with E-state index in [4.69, 9.17) is 5.11 Å². The summed E-state index contributed by atoms with van der Waals surface area (Å²) in [4.78, 5) is 14.0. The molecule has 1 N–H and O–H groups in total. The van der Waals surface area contributed by atoms with Crippen molar-refractivity contribution < 1.29 is 14.3 Å². The van der Waals surface area contributed by atoms with Crippen LogP contribution in [0.15, 0.2) is 18.2 Å². The summed E-state index contributed by atoms with van der Waals surface area (Å²) < 4.78 is 13.7. The van der Waals surface area contributed by atoms with Crippen LogP contribution in [0.1, 0.15) is 37.0 Å². The first-order chi connectivity index (χ1) is 8.50. The van der Waals surface area contributed by atoms with Gasteiger partial charge in [0.1, 0.15) is 11.6 Å². The Morgan fingerprint density at radius 3 is 2.83 bits per heavy atom. The summed E-state index contributed by atoms with van der Waals surface area (Å²) in [5.74, 6) is -0.677. The molecule has 2 rings (SSSR count). The predicted molar refractivity (Wildman–Crippen MR) is 67.0 cm³/mol. The van der Waals surface area contributed by atoms with Crippen molar-refractivity contribution in [3.05, 3.63) is 29.6 Å². The monoisotopic (exact) mass is 251 g/mol. The largest absolute Gasteiger partial charge is 0.508 e. The van der Waals surface area contributed by atoms with Crippen molar-refractivity contribution in [1.29, 1.82) is 0 Å². The quantitative estimate of drug-likeness (QED) is 0.833. The molecule has 1 aromatic carbocycles. The summed E-state index contributed by atoms with van der Waals surface area (Å²) in [7, 11) is 0. The fourth-order valence-electron chi connectivity index (χ4n) is 2.45. The molecule has 0 aromatic heterocycles. The summed E-state index contributed by atoms with van der Waals surface area (Å²) >= 11 is 0. The van der Waals surface area contributed by atoms with Gasteiger partial charge in [-0.3, -0.25) is 4.79 Å². The fraction of sp³-hybridized carbons (Fsp3) is 0.500. The Morgan fingerprint density at radius 1 is 1.44 bits per heavy atom. The van der Waals surface area contributed by atoms with Crippen LogP contribution in [-0.2, 0) is 0 Å². The van der Waals surface area contributed by atoms with Crippen LogP contribution in [0.5, 0.6) is 5.75 Å². The smallest absolute Gasteiger partial charge is 0.257 e. The highest BCUT2D eigenvalue weighted by atomic mass is 19.1. The molecule has 0 spiro atoms. The second-order valence-electron chi connectivity index (χ2n) is 5.02. The highest BCUT2D eigenvalue weighted by Gasteiger charge is 2.30. The molecule has 0 saturated carbocycles. The number of phenols is 1. The molecule has 0 bridgehead atoms. The summed E-state index contributed by atoms with van der Waals surface area (Å²) in [6, 6.07) is 3.79. The van der Waals surface area contributed by atoms with E-state index in [0.717, 1.165) is 18.9 Å². The first kappa shape index (κ1) is 12.9. The lowest BCUT2D eigenvalue weighted by molar-refractivity contribution is 0.0546. The number of phenolic OH excluding ortho intramolecular Hbond substituents is 1. The summed E-state index contributed by atoms with van der Waals surface area (Å²) in [6.45, 7) is 4.78. The van der Waals surface area contributed by atoms with Crippen molar-refractivity contribution in [2.75, 3.05) is 6.54 Å². The number of carbonyl (C=O) groups excluding carboxylic acids is 1. The van der Waals surface area contributed by atoms with E-state index in [0.29, 0.717) is 12.5 Å². The van der Waals surface area contributed by atoms with Gasteiger partial charge in [0, 0.05) is 18.7 Å². The highest BCUT2D eigenvalue weighted by molar-refractivity contribution is 5.94. The molecular weight excluding hydrogens is 233 g/mol. The third-order valence-corrected chi connectivity index (χ3v) is 3.82. The van der Waals surface area contributed by atoms with Crippen LogP contribution >= 0.6 is 0 Å². The summed E-state index contributed by atoms with van der Waals surface area (Å²) in [6.07, 6.45) is 2.06. The van der Waals surface area contributed by atoms with Gasteiger partial charge in [0.25, 0.3) is 5.91 Å². The lowest BCUT2D eigenvalue weighted by atomic mass is 9.91. The maximum Gasteiger partial charge on any atom is 0.257 e. The van der Waals surface area contributed by atoms with Crippen molar-refractivity contribution in [3.63, 3.8) is 0 Å². The Labute approximate surface area is 106 Å². The number of carbonyl (C=O) groups is 1. The van der Waals surface area contributed by atoms with Crippen LogP contribution in [-0.4, -0.2) is 28.5 Å². The zero-order valence-electron chi connectivity index (χ0n) is 10.7. The van der Waals surface area contributed by atoms with E-state index in [-0.39, 0.29) is 23.3 Å². The number of hydrogen-bond donors (Lipinski definition) is 1. The minimum absolute atomic E-state index is 0.0359. The number of nitrogens with zero attached hydrogens (tertiary/aromatic N) is 1. The van der Waals surface area contributed by atoms with Crippen molar-refractivity contribution in [2.45, 2.75) is 32.7 Å². The fourth-order valence-corrected chi connectivity index (χ4v) is 2.45. The van der Waals surface area contributed by atoms with Crippen molar-refractivity contribution >= 4 is 5.91 Å². The number of aromatic hydroxyl groups is 1. The second kappa shape index (κ2) is 4.96. The Morgan fingerprint density at radius 2 is 2.17 bits per heavy atom. The van der Waals surface area contributed by atoms with Gasteiger partial charge in [-0.05, 0) is 37.8 Å². The minimum Gasteiger partial charge on any atom is -0.508 e. The van der Waals surface area contributed by atoms with Crippen LogP contribution in [0.2, 0.25) is 0 Å². The number of piperidine rings is 1. The predicted octanol–water partition coefficient (Wildman–Crippen LogP) is 2.79. The van der Waals surface area contributed by atoms with Gasteiger partial charge in [-0.1, -0.05) is 6.92 Å². The summed E-state index contributed by atoms with van der Waals surface area (Å²) in [5, 5.41) is 9.16. The number of benzene rings is 1. The zero-order valence-corrected chi connectivity index (χ0v) is 10.7. The normalized spacial score (nSPS) is 24.1. The van der Waals surface area contributed by atoms with Gasteiger partial charge in [0.15, 0.2) is 0 Å². The molecule has 3 nitrogen and oxygen atoms in total. The van der Waals surface area contributed by atoms with Gasteiger partial charge in [0.2, 0.25) is 0 Å². The number of amides is 1. The maximum absolute atomic E-state index is 13.7. The van der Waals surface area contributed by atoms with Crippen molar-refractivity contribution in [2.24, 2.45) is 5.92 Å². The van der Waals surface area contributed by atoms with Gasteiger partial charge in [-0.25, -0.2) is 4.39 Å². The number of halogens is 1. The highest BCUT2D eigenvalue weighted by Crippen LogP contribution is 2.25. The molecule has 2 unspecified atom stereocenters. The Hall–Kier alpha value is -1.58. The van der Waals surface area contributed by atoms with Crippen molar-refractivity contribution in [3.8, 4) is 5.75 Å². The molecule has 1 heterocycles. The van der Waals surface area contributed by atoms with Gasteiger partial charge in [-0.15, -0.1) is 0 Å². The van der Waals surface area contributed by atoms with Gasteiger partial charge in [0.05, 0.1) is 5.56 Å². The first-order valence-corrected chi connectivity index (χ1v) is 6.30. The first-order valence-electron chi connectivity index (χ1n) is 6.30.